The van der Waals surface area contributed by atoms with Crippen LogP contribution < -0.4 is 5.32 Å². The van der Waals surface area contributed by atoms with Crippen LogP contribution in [0.1, 0.15) is 38.2 Å². The summed E-state index contributed by atoms with van der Waals surface area (Å²) >= 11 is 2.85. The fourth-order valence-electron chi connectivity index (χ4n) is 1.95. The highest BCUT2D eigenvalue weighted by Crippen LogP contribution is 2.35. The van der Waals surface area contributed by atoms with Crippen LogP contribution in [0.5, 0.6) is 0 Å². The van der Waals surface area contributed by atoms with Crippen molar-refractivity contribution in [2.24, 2.45) is 0 Å². The Bertz CT molecular complexity index is 571. The van der Waals surface area contributed by atoms with E-state index in [1.807, 2.05) is 26.8 Å². The Morgan fingerprint density at radius 2 is 2.20 bits per heavy atom. The summed E-state index contributed by atoms with van der Waals surface area (Å²) in [7, 11) is 0. The molecule has 0 saturated carbocycles. The maximum Gasteiger partial charge on any atom is 0.174 e. The highest BCUT2D eigenvalue weighted by molar-refractivity contribution is 8.01. The number of nitrogens with zero attached hydrogens (tertiary/aromatic N) is 2. The maximum absolute atomic E-state index is 14.1. The minimum Gasteiger partial charge on any atom is -0.310 e. The lowest BCUT2D eigenvalue weighted by Gasteiger charge is -2.17. The third-order valence-corrected chi connectivity index (χ3v) is 4.78. The van der Waals surface area contributed by atoms with Crippen LogP contribution in [-0.4, -0.2) is 15.9 Å². The van der Waals surface area contributed by atoms with Gasteiger partial charge in [0.2, 0.25) is 0 Å². The number of nitrogens with one attached hydrogen (secondary N) is 1. The van der Waals surface area contributed by atoms with Crippen molar-refractivity contribution in [3.63, 3.8) is 0 Å². The second kappa shape index (κ2) is 7.15. The molecular formula is C14H18FN3S2. The predicted octanol–water partition coefficient (Wildman–Crippen LogP) is 4.06. The molecule has 3 nitrogen and oxygen atoms in total. The molecule has 2 rings (SSSR count). The lowest BCUT2D eigenvalue weighted by molar-refractivity contribution is 0.531. The van der Waals surface area contributed by atoms with Gasteiger partial charge >= 0.3 is 0 Å². The van der Waals surface area contributed by atoms with Gasteiger partial charge in [0.1, 0.15) is 11.6 Å². The molecule has 1 atom stereocenters. The molecule has 0 saturated heterocycles. The molecule has 0 radical (unpaired) electrons. The number of halogens is 1. The molecule has 0 aliphatic rings. The van der Waals surface area contributed by atoms with Crippen molar-refractivity contribution in [2.45, 2.75) is 42.5 Å². The molecule has 1 heterocycles. The lowest BCUT2D eigenvalue weighted by atomic mass is 10.1. The second-order valence-corrected chi connectivity index (χ2v) is 6.40. The minimum absolute atomic E-state index is 0.0257. The quantitative estimate of drug-likeness (QED) is 0.873. The zero-order valence-corrected chi connectivity index (χ0v) is 13.4. The molecule has 6 heteroatoms. The highest BCUT2D eigenvalue weighted by atomic mass is 32.2. The summed E-state index contributed by atoms with van der Waals surface area (Å²) < 4.78 is 19.2. The van der Waals surface area contributed by atoms with Gasteiger partial charge in [0.05, 0.1) is 0 Å². The molecule has 2 aromatic rings. The lowest BCUT2D eigenvalue weighted by Crippen LogP contribution is -2.19. The summed E-state index contributed by atoms with van der Waals surface area (Å²) in [6.45, 7) is 6.82. The average molecular weight is 311 g/mol. The predicted molar refractivity (Wildman–Crippen MR) is 81.9 cm³/mol. The van der Waals surface area contributed by atoms with E-state index in [0.717, 1.165) is 28.0 Å². The Kier molecular flexibility index (Phi) is 5.51. The van der Waals surface area contributed by atoms with Gasteiger partial charge in [-0.3, -0.25) is 0 Å². The van der Waals surface area contributed by atoms with Gasteiger partial charge in [0.15, 0.2) is 4.34 Å². The Labute approximate surface area is 127 Å². The van der Waals surface area contributed by atoms with Crippen LogP contribution in [0.15, 0.2) is 27.4 Å². The zero-order chi connectivity index (χ0) is 14.5. The Balaban J connectivity index is 2.28. The van der Waals surface area contributed by atoms with Crippen molar-refractivity contribution in [2.75, 3.05) is 6.54 Å². The number of aryl methyl sites for hydroxylation is 1. The molecule has 0 fully saturated rings. The first kappa shape index (κ1) is 15.4. The molecule has 20 heavy (non-hydrogen) atoms. The second-order valence-electron chi connectivity index (χ2n) is 4.36. The molecule has 1 unspecified atom stereocenters. The smallest absolute Gasteiger partial charge is 0.174 e. The molecular weight excluding hydrogens is 293 g/mol. The maximum atomic E-state index is 14.1. The average Bonchev–Trinajstić information content (AvgIpc) is 2.87. The summed E-state index contributed by atoms with van der Waals surface area (Å²) in [6, 6.07) is 5.15. The van der Waals surface area contributed by atoms with Crippen molar-refractivity contribution < 1.29 is 4.39 Å². The monoisotopic (exact) mass is 311 g/mol. The van der Waals surface area contributed by atoms with Crippen LogP contribution in [-0.2, 0) is 6.42 Å². The van der Waals surface area contributed by atoms with Gasteiger partial charge in [-0.25, -0.2) is 9.37 Å². The minimum atomic E-state index is -0.177. The van der Waals surface area contributed by atoms with Crippen molar-refractivity contribution in [1.29, 1.82) is 0 Å². The Morgan fingerprint density at radius 3 is 2.85 bits per heavy atom. The SMILES string of the molecule is CCNC(C)c1c(F)cccc1Sc1nc(CC)ns1. The molecule has 0 aliphatic heterocycles. The van der Waals surface area contributed by atoms with E-state index >= 15 is 0 Å². The first-order chi connectivity index (χ1) is 9.65. The van der Waals surface area contributed by atoms with E-state index in [1.54, 1.807) is 6.07 Å². The third-order valence-electron chi connectivity index (χ3n) is 2.92. The van der Waals surface area contributed by atoms with Gasteiger partial charge in [-0.05, 0) is 37.1 Å². The number of rotatable bonds is 6. The van der Waals surface area contributed by atoms with Crippen LogP contribution >= 0.6 is 23.3 Å². The number of hydrogen-bond acceptors (Lipinski definition) is 5. The number of aromatic nitrogens is 2. The van der Waals surface area contributed by atoms with Gasteiger partial charge in [-0.2, -0.15) is 4.37 Å². The Hall–Kier alpha value is -0.980. The molecule has 1 aromatic carbocycles. The van der Waals surface area contributed by atoms with Gasteiger partial charge in [-0.1, -0.05) is 31.7 Å². The zero-order valence-electron chi connectivity index (χ0n) is 11.8. The van der Waals surface area contributed by atoms with Crippen LogP contribution in [0.25, 0.3) is 0 Å². The van der Waals surface area contributed by atoms with E-state index in [0.29, 0.717) is 5.56 Å². The fraction of sp³-hybridized carbons (Fsp3) is 0.429. The normalized spacial score (nSPS) is 12.6. The van der Waals surface area contributed by atoms with E-state index in [9.17, 15) is 4.39 Å². The summed E-state index contributed by atoms with van der Waals surface area (Å²) in [5, 5.41) is 3.26. The van der Waals surface area contributed by atoms with Crippen molar-refractivity contribution in [3.8, 4) is 0 Å². The van der Waals surface area contributed by atoms with Gasteiger partial charge in [0, 0.05) is 22.9 Å². The molecule has 0 spiro atoms. The highest BCUT2D eigenvalue weighted by Gasteiger charge is 2.17. The summed E-state index contributed by atoms with van der Waals surface area (Å²) in [5.74, 6) is 0.666. The van der Waals surface area contributed by atoms with Crippen molar-refractivity contribution in [3.05, 3.63) is 35.4 Å². The summed E-state index contributed by atoms with van der Waals surface area (Å²) in [4.78, 5) is 5.33. The topological polar surface area (TPSA) is 37.8 Å². The number of benzene rings is 1. The molecule has 108 valence electrons. The van der Waals surface area contributed by atoms with Crippen LogP contribution in [0.2, 0.25) is 0 Å². The summed E-state index contributed by atoms with van der Waals surface area (Å²) in [6.07, 6.45) is 0.820. The first-order valence-corrected chi connectivity index (χ1v) is 8.26. The van der Waals surface area contributed by atoms with Crippen molar-refractivity contribution >= 4 is 23.3 Å². The summed E-state index contributed by atoms with van der Waals surface area (Å²) in [5.41, 5.74) is 0.701. The molecule has 1 N–H and O–H groups in total. The van der Waals surface area contributed by atoms with Crippen LogP contribution in [0, 0.1) is 5.82 Å². The van der Waals surface area contributed by atoms with E-state index < -0.39 is 0 Å². The molecule has 0 aliphatic carbocycles. The number of hydrogen-bond donors (Lipinski definition) is 1. The van der Waals surface area contributed by atoms with Crippen LogP contribution in [0.4, 0.5) is 4.39 Å². The first-order valence-electron chi connectivity index (χ1n) is 6.67. The molecule has 0 bridgehead atoms. The fourth-order valence-corrected chi connectivity index (χ4v) is 3.85. The van der Waals surface area contributed by atoms with E-state index in [1.165, 1.54) is 29.4 Å². The molecule has 0 amide bonds. The van der Waals surface area contributed by atoms with Gasteiger partial charge in [0.25, 0.3) is 0 Å². The largest absolute Gasteiger partial charge is 0.310 e. The van der Waals surface area contributed by atoms with Gasteiger partial charge in [-0.15, -0.1) is 0 Å². The van der Waals surface area contributed by atoms with Gasteiger partial charge < -0.3 is 5.32 Å². The van der Waals surface area contributed by atoms with E-state index in [-0.39, 0.29) is 11.9 Å². The van der Waals surface area contributed by atoms with E-state index in [2.05, 4.69) is 14.7 Å². The third kappa shape index (κ3) is 3.56. The van der Waals surface area contributed by atoms with Crippen molar-refractivity contribution in [1.82, 2.24) is 14.7 Å². The standard InChI is InChI=1S/C14H18FN3S2/c1-4-12-17-14(20-18-12)19-11-8-6-7-10(15)13(11)9(3)16-5-2/h6-9,16H,4-5H2,1-3H3. The van der Waals surface area contributed by atoms with Crippen LogP contribution in [0.3, 0.4) is 0 Å². The van der Waals surface area contributed by atoms with E-state index in [4.69, 9.17) is 0 Å². The molecule has 1 aromatic heterocycles. The Morgan fingerprint density at radius 1 is 1.40 bits per heavy atom.